The van der Waals surface area contributed by atoms with Gasteiger partial charge in [0, 0.05) is 5.92 Å². The molecule has 0 heterocycles. The van der Waals surface area contributed by atoms with Crippen molar-refractivity contribution in [1.29, 1.82) is 0 Å². The average Bonchev–Trinajstić information content (AvgIpc) is 2.38. The van der Waals surface area contributed by atoms with Crippen LogP contribution in [0.2, 0.25) is 0 Å². The van der Waals surface area contributed by atoms with E-state index in [-0.39, 0.29) is 10.8 Å². The molecule has 2 rings (SSSR count). The predicted molar refractivity (Wildman–Crippen MR) is 77.7 cm³/mol. The molecule has 0 radical (unpaired) electrons. The van der Waals surface area contributed by atoms with Gasteiger partial charge in [0.15, 0.2) is 0 Å². The van der Waals surface area contributed by atoms with E-state index in [0.717, 1.165) is 12.0 Å². The second-order valence-electron chi connectivity index (χ2n) is 5.22. The van der Waals surface area contributed by atoms with Crippen molar-refractivity contribution in [3.63, 3.8) is 0 Å². The van der Waals surface area contributed by atoms with Gasteiger partial charge < -0.3 is 0 Å². The first-order chi connectivity index (χ1) is 9.40. The van der Waals surface area contributed by atoms with Crippen LogP contribution < -0.4 is 4.72 Å². The molecule has 0 fully saturated rings. The van der Waals surface area contributed by atoms with Gasteiger partial charge in [-0.3, -0.25) is 4.79 Å². The van der Waals surface area contributed by atoms with Crippen LogP contribution in [0.1, 0.15) is 30.4 Å². The molecule has 0 aromatic heterocycles. The minimum absolute atomic E-state index is 0.169. The first kappa shape index (κ1) is 14.8. The van der Waals surface area contributed by atoms with Crippen LogP contribution in [0.25, 0.3) is 0 Å². The number of hydrogen-bond donors (Lipinski definition) is 1. The molecule has 1 aliphatic rings. The van der Waals surface area contributed by atoms with Gasteiger partial charge in [-0.05, 0) is 44.7 Å². The van der Waals surface area contributed by atoms with E-state index < -0.39 is 15.9 Å². The Morgan fingerprint density at radius 3 is 2.60 bits per heavy atom. The summed E-state index contributed by atoms with van der Waals surface area (Å²) in [5, 5.41) is 0. The third-order valence-corrected chi connectivity index (χ3v) is 5.00. The lowest BCUT2D eigenvalue weighted by atomic mass is 9.94. The first-order valence-electron chi connectivity index (χ1n) is 6.69. The normalized spacial score (nSPS) is 18.8. The second-order valence-corrected chi connectivity index (χ2v) is 6.87. The van der Waals surface area contributed by atoms with Crippen molar-refractivity contribution in [3.05, 3.63) is 41.5 Å². The molecular formula is C15H19NO3S. The number of carbonyl (C=O) groups excluding carboxylic acids is 1. The van der Waals surface area contributed by atoms with Gasteiger partial charge >= 0.3 is 0 Å². The van der Waals surface area contributed by atoms with Gasteiger partial charge in [-0.1, -0.05) is 29.8 Å². The maximum Gasteiger partial charge on any atom is 0.264 e. The van der Waals surface area contributed by atoms with Crippen molar-refractivity contribution in [3.8, 4) is 0 Å². The van der Waals surface area contributed by atoms with Gasteiger partial charge in [-0.15, -0.1) is 0 Å². The highest BCUT2D eigenvalue weighted by Gasteiger charge is 2.25. The molecule has 1 aromatic rings. The second kappa shape index (κ2) is 5.79. The molecule has 0 bridgehead atoms. The van der Waals surface area contributed by atoms with E-state index in [1.165, 1.54) is 0 Å². The van der Waals surface area contributed by atoms with E-state index in [1.807, 2.05) is 19.1 Å². The smallest absolute Gasteiger partial charge is 0.264 e. The number of nitrogens with one attached hydrogen (secondary N) is 1. The predicted octanol–water partition coefficient (Wildman–Crippen LogP) is 2.46. The van der Waals surface area contributed by atoms with Crippen molar-refractivity contribution in [2.24, 2.45) is 5.92 Å². The summed E-state index contributed by atoms with van der Waals surface area (Å²) in [5.41, 5.74) is 1.64. The number of sulfonamides is 1. The number of benzene rings is 1. The van der Waals surface area contributed by atoms with Gasteiger partial charge in [-0.2, -0.15) is 0 Å². The molecule has 1 atom stereocenters. The molecular weight excluding hydrogens is 274 g/mol. The molecule has 1 aromatic carbocycles. The molecule has 1 aliphatic carbocycles. The lowest BCUT2D eigenvalue weighted by Crippen LogP contribution is -2.36. The highest BCUT2D eigenvalue weighted by Crippen LogP contribution is 2.20. The van der Waals surface area contributed by atoms with Crippen molar-refractivity contribution >= 4 is 15.9 Å². The Morgan fingerprint density at radius 1 is 1.25 bits per heavy atom. The van der Waals surface area contributed by atoms with Crippen molar-refractivity contribution in [1.82, 2.24) is 4.72 Å². The molecule has 0 saturated carbocycles. The monoisotopic (exact) mass is 293 g/mol. The van der Waals surface area contributed by atoms with E-state index in [4.69, 9.17) is 0 Å². The Hall–Kier alpha value is -1.62. The maximum absolute atomic E-state index is 12.3. The summed E-state index contributed by atoms with van der Waals surface area (Å²) in [7, 11) is -3.78. The molecule has 0 saturated heterocycles. The number of aryl methyl sites for hydroxylation is 2. The largest absolute Gasteiger partial charge is 0.274 e. The number of hydrogen-bond acceptors (Lipinski definition) is 3. The van der Waals surface area contributed by atoms with E-state index in [2.05, 4.69) is 4.72 Å². The van der Waals surface area contributed by atoms with Crippen LogP contribution in [0.4, 0.5) is 0 Å². The number of rotatable bonds is 3. The Bertz CT molecular complexity index is 647. The van der Waals surface area contributed by atoms with E-state index in [0.29, 0.717) is 18.4 Å². The van der Waals surface area contributed by atoms with Crippen molar-refractivity contribution in [2.75, 3.05) is 0 Å². The van der Waals surface area contributed by atoms with Gasteiger partial charge in [0.2, 0.25) is 5.91 Å². The molecule has 5 heteroatoms. The van der Waals surface area contributed by atoms with Crippen LogP contribution in [-0.4, -0.2) is 14.3 Å². The Labute approximate surface area is 119 Å². The van der Waals surface area contributed by atoms with Gasteiger partial charge in [-0.25, -0.2) is 13.1 Å². The van der Waals surface area contributed by atoms with Crippen LogP contribution in [0.5, 0.6) is 0 Å². The van der Waals surface area contributed by atoms with Gasteiger partial charge in [0.05, 0.1) is 4.90 Å². The third-order valence-electron chi connectivity index (χ3n) is 3.49. The summed E-state index contributed by atoms with van der Waals surface area (Å²) >= 11 is 0. The highest BCUT2D eigenvalue weighted by molar-refractivity contribution is 7.90. The van der Waals surface area contributed by atoms with Gasteiger partial charge in [0.1, 0.15) is 0 Å². The average molecular weight is 293 g/mol. The molecule has 0 spiro atoms. The SMILES string of the molecule is Cc1ccc(S(=O)(=O)NC(=O)C2CC=CCC2)c(C)c1. The topological polar surface area (TPSA) is 63.2 Å². The third kappa shape index (κ3) is 3.28. The standard InChI is InChI=1S/C15H19NO3S/c1-11-8-9-14(12(2)10-11)20(18,19)16-15(17)13-6-4-3-5-7-13/h3-4,8-10,13H,5-7H2,1-2H3,(H,16,17). The van der Waals surface area contributed by atoms with E-state index in [1.54, 1.807) is 25.1 Å². The molecule has 0 aliphatic heterocycles. The van der Waals surface area contributed by atoms with Crippen molar-refractivity contribution < 1.29 is 13.2 Å². The summed E-state index contributed by atoms with van der Waals surface area (Å²) in [5.74, 6) is -0.658. The Kier molecular flexibility index (Phi) is 4.28. The molecule has 20 heavy (non-hydrogen) atoms. The zero-order valence-corrected chi connectivity index (χ0v) is 12.5. The van der Waals surface area contributed by atoms with Crippen LogP contribution in [-0.2, 0) is 14.8 Å². The summed E-state index contributed by atoms with van der Waals surface area (Å²) < 4.78 is 26.7. The fraction of sp³-hybridized carbons (Fsp3) is 0.400. The molecule has 4 nitrogen and oxygen atoms in total. The van der Waals surface area contributed by atoms with Crippen molar-refractivity contribution in [2.45, 2.75) is 38.0 Å². The fourth-order valence-electron chi connectivity index (χ4n) is 2.40. The zero-order chi connectivity index (χ0) is 14.8. The van der Waals surface area contributed by atoms with Crippen LogP contribution in [0.15, 0.2) is 35.2 Å². The fourth-order valence-corrected chi connectivity index (χ4v) is 3.67. The highest BCUT2D eigenvalue weighted by atomic mass is 32.2. The Balaban J connectivity index is 2.18. The molecule has 1 N–H and O–H groups in total. The Morgan fingerprint density at radius 2 is 2.00 bits per heavy atom. The number of amides is 1. The van der Waals surface area contributed by atoms with Crippen LogP contribution in [0, 0.1) is 19.8 Å². The summed E-state index contributed by atoms with van der Waals surface area (Å²) in [4.78, 5) is 12.2. The lowest BCUT2D eigenvalue weighted by molar-refractivity contribution is -0.123. The summed E-state index contributed by atoms with van der Waals surface area (Å²) in [6.45, 7) is 3.63. The quantitative estimate of drug-likeness (QED) is 0.871. The molecule has 1 amide bonds. The van der Waals surface area contributed by atoms with Crippen LogP contribution >= 0.6 is 0 Å². The minimum atomic E-state index is -3.78. The van der Waals surface area contributed by atoms with E-state index in [9.17, 15) is 13.2 Å². The molecule has 1 unspecified atom stereocenters. The number of allylic oxidation sites excluding steroid dienone is 2. The minimum Gasteiger partial charge on any atom is -0.274 e. The lowest BCUT2D eigenvalue weighted by Gasteiger charge is -2.17. The summed E-state index contributed by atoms with van der Waals surface area (Å²) in [6, 6.07) is 5.07. The zero-order valence-electron chi connectivity index (χ0n) is 11.7. The first-order valence-corrected chi connectivity index (χ1v) is 8.17. The van der Waals surface area contributed by atoms with Gasteiger partial charge in [0.25, 0.3) is 10.0 Å². The van der Waals surface area contributed by atoms with E-state index >= 15 is 0 Å². The summed E-state index contributed by atoms with van der Waals surface area (Å²) in [6.07, 6.45) is 6.07. The number of carbonyl (C=O) groups is 1. The maximum atomic E-state index is 12.3. The van der Waals surface area contributed by atoms with Crippen LogP contribution in [0.3, 0.4) is 0 Å². The molecule has 108 valence electrons.